The fourth-order valence-electron chi connectivity index (χ4n) is 2.78. The molecule has 2 aromatic carbocycles. The summed E-state index contributed by atoms with van der Waals surface area (Å²) in [5.41, 5.74) is 3.58. The molecular formula is C21H20N2O5S. The zero-order valence-electron chi connectivity index (χ0n) is 16.5. The van der Waals surface area contributed by atoms with Crippen molar-refractivity contribution in [1.29, 1.82) is 0 Å². The minimum Gasteiger partial charge on any atom is -0.468 e. The predicted octanol–water partition coefficient (Wildman–Crippen LogP) is 3.02. The summed E-state index contributed by atoms with van der Waals surface area (Å²) in [6.07, 6.45) is 0. The predicted molar refractivity (Wildman–Crippen MR) is 109 cm³/mol. The highest BCUT2D eigenvalue weighted by Crippen LogP contribution is 2.20. The zero-order valence-corrected chi connectivity index (χ0v) is 17.3. The van der Waals surface area contributed by atoms with Gasteiger partial charge in [0.1, 0.15) is 6.54 Å². The van der Waals surface area contributed by atoms with E-state index in [9.17, 15) is 14.4 Å². The molecule has 150 valence electrons. The zero-order chi connectivity index (χ0) is 21.1. The van der Waals surface area contributed by atoms with Crippen LogP contribution >= 0.6 is 11.3 Å². The molecule has 0 aliphatic carbocycles. The lowest BCUT2D eigenvalue weighted by molar-refractivity contribution is -0.141. The van der Waals surface area contributed by atoms with Gasteiger partial charge in [-0.05, 0) is 55.3 Å². The topological polar surface area (TPSA) is 87.0 Å². The number of amides is 1. The molecule has 1 heterocycles. The highest BCUT2D eigenvalue weighted by molar-refractivity contribution is 7.16. The molecular weight excluding hydrogens is 392 g/mol. The highest BCUT2D eigenvalue weighted by Gasteiger charge is 2.15. The van der Waals surface area contributed by atoms with E-state index in [1.165, 1.54) is 25.6 Å². The summed E-state index contributed by atoms with van der Waals surface area (Å²) in [6, 6.07) is 10.3. The number of benzene rings is 2. The van der Waals surface area contributed by atoms with E-state index in [2.05, 4.69) is 4.99 Å². The van der Waals surface area contributed by atoms with Crippen molar-refractivity contribution < 1.29 is 23.9 Å². The molecule has 0 radical (unpaired) electrons. The number of ether oxygens (including phenoxy) is 2. The third-order valence-corrected chi connectivity index (χ3v) is 5.61. The molecule has 7 nitrogen and oxygen atoms in total. The number of nitrogens with zero attached hydrogens (tertiary/aromatic N) is 2. The van der Waals surface area contributed by atoms with Crippen molar-refractivity contribution in [3.8, 4) is 0 Å². The van der Waals surface area contributed by atoms with Crippen LogP contribution in [0.1, 0.15) is 31.8 Å². The summed E-state index contributed by atoms with van der Waals surface area (Å²) >= 11 is 1.21. The molecule has 0 aliphatic heterocycles. The fourth-order valence-corrected chi connectivity index (χ4v) is 3.84. The van der Waals surface area contributed by atoms with Crippen LogP contribution in [-0.2, 0) is 20.8 Å². The molecule has 0 saturated carbocycles. The van der Waals surface area contributed by atoms with Gasteiger partial charge in [0.25, 0.3) is 5.91 Å². The molecule has 3 rings (SSSR count). The number of aryl methyl sites for hydroxylation is 2. The van der Waals surface area contributed by atoms with Gasteiger partial charge in [-0.3, -0.25) is 9.59 Å². The van der Waals surface area contributed by atoms with Gasteiger partial charge >= 0.3 is 11.9 Å². The van der Waals surface area contributed by atoms with Crippen molar-refractivity contribution in [2.45, 2.75) is 20.4 Å². The molecule has 0 unspecified atom stereocenters. The Morgan fingerprint density at radius 1 is 0.966 bits per heavy atom. The molecule has 0 fully saturated rings. The third-order valence-electron chi connectivity index (χ3n) is 4.57. The van der Waals surface area contributed by atoms with E-state index in [1.54, 1.807) is 34.9 Å². The van der Waals surface area contributed by atoms with Gasteiger partial charge in [0, 0.05) is 5.56 Å². The molecule has 29 heavy (non-hydrogen) atoms. The van der Waals surface area contributed by atoms with Crippen molar-refractivity contribution in [2.75, 3.05) is 14.2 Å². The lowest BCUT2D eigenvalue weighted by atomic mass is 10.1. The van der Waals surface area contributed by atoms with Crippen LogP contribution in [0.3, 0.4) is 0 Å². The average molecular weight is 412 g/mol. The quantitative estimate of drug-likeness (QED) is 0.615. The molecule has 8 heteroatoms. The maximum Gasteiger partial charge on any atom is 0.337 e. The van der Waals surface area contributed by atoms with Gasteiger partial charge in [0.15, 0.2) is 4.80 Å². The molecule has 0 atom stereocenters. The number of esters is 2. The first-order valence-electron chi connectivity index (χ1n) is 8.79. The van der Waals surface area contributed by atoms with Crippen LogP contribution in [0.5, 0.6) is 0 Å². The van der Waals surface area contributed by atoms with Gasteiger partial charge in [-0.1, -0.05) is 17.4 Å². The Morgan fingerprint density at radius 2 is 1.69 bits per heavy atom. The molecule has 1 amide bonds. The number of hydrogen-bond donors (Lipinski definition) is 0. The Kier molecular flexibility index (Phi) is 5.93. The number of carbonyl (C=O) groups excluding carboxylic acids is 3. The Bertz CT molecular complexity index is 1190. The molecule has 0 bridgehead atoms. The lowest BCUT2D eigenvalue weighted by Crippen LogP contribution is -2.22. The summed E-state index contributed by atoms with van der Waals surface area (Å²) in [5.74, 6) is -1.35. The molecule has 0 N–H and O–H groups in total. The number of thiazole rings is 1. The van der Waals surface area contributed by atoms with Gasteiger partial charge in [-0.15, -0.1) is 0 Å². The molecule has 1 aromatic heterocycles. The first kappa shape index (κ1) is 20.5. The fraction of sp³-hybridized carbons (Fsp3) is 0.238. The number of methoxy groups -OCH3 is 2. The van der Waals surface area contributed by atoms with Gasteiger partial charge < -0.3 is 14.0 Å². The summed E-state index contributed by atoms with van der Waals surface area (Å²) in [5, 5.41) is 0. The van der Waals surface area contributed by atoms with Crippen LogP contribution in [0.2, 0.25) is 0 Å². The second-order valence-corrected chi connectivity index (χ2v) is 7.45. The van der Waals surface area contributed by atoms with Crippen molar-refractivity contribution in [3.05, 3.63) is 63.5 Å². The van der Waals surface area contributed by atoms with Crippen LogP contribution in [0.15, 0.2) is 41.4 Å². The normalized spacial score (nSPS) is 11.5. The Morgan fingerprint density at radius 3 is 2.34 bits per heavy atom. The summed E-state index contributed by atoms with van der Waals surface area (Å²) in [6.45, 7) is 3.79. The van der Waals surface area contributed by atoms with E-state index in [-0.39, 0.29) is 6.54 Å². The van der Waals surface area contributed by atoms with E-state index in [0.717, 1.165) is 11.1 Å². The molecule has 0 aliphatic rings. The first-order valence-corrected chi connectivity index (χ1v) is 9.60. The number of aromatic nitrogens is 1. The Labute approximate surface area is 171 Å². The number of hydrogen-bond acceptors (Lipinski definition) is 6. The van der Waals surface area contributed by atoms with Crippen molar-refractivity contribution >= 4 is 39.4 Å². The average Bonchev–Trinajstić information content (AvgIpc) is 3.05. The van der Waals surface area contributed by atoms with Crippen molar-refractivity contribution in [3.63, 3.8) is 0 Å². The van der Waals surface area contributed by atoms with Gasteiger partial charge in [0.2, 0.25) is 0 Å². The largest absolute Gasteiger partial charge is 0.468 e. The van der Waals surface area contributed by atoms with Crippen LogP contribution in [0.25, 0.3) is 10.2 Å². The highest BCUT2D eigenvalue weighted by atomic mass is 32.1. The molecule has 0 saturated heterocycles. The molecule has 3 aromatic rings. The first-order chi connectivity index (χ1) is 13.8. The minimum atomic E-state index is -0.471. The maximum atomic E-state index is 12.7. The second kappa shape index (κ2) is 8.40. The smallest absolute Gasteiger partial charge is 0.337 e. The third kappa shape index (κ3) is 4.27. The maximum absolute atomic E-state index is 12.7. The van der Waals surface area contributed by atoms with E-state index < -0.39 is 17.8 Å². The number of carbonyl (C=O) groups is 3. The summed E-state index contributed by atoms with van der Waals surface area (Å²) in [4.78, 5) is 41.0. The minimum absolute atomic E-state index is 0.104. The van der Waals surface area contributed by atoms with Crippen LogP contribution < -0.4 is 4.80 Å². The van der Waals surface area contributed by atoms with E-state index in [0.29, 0.717) is 26.1 Å². The monoisotopic (exact) mass is 412 g/mol. The SMILES string of the molecule is COC(=O)Cn1c(=NC(=O)c2ccc(C)c(C)c2)sc2cc(C(=O)OC)ccc21. The Balaban J connectivity index is 2.15. The van der Waals surface area contributed by atoms with Crippen LogP contribution in [0, 0.1) is 13.8 Å². The van der Waals surface area contributed by atoms with E-state index in [1.807, 2.05) is 19.9 Å². The summed E-state index contributed by atoms with van der Waals surface area (Å²) in [7, 11) is 2.60. The molecule has 0 spiro atoms. The van der Waals surface area contributed by atoms with Gasteiger partial charge in [-0.25, -0.2) is 4.79 Å². The summed E-state index contributed by atoms with van der Waals surface area (Å²) < 4.78 is 11.8. The van der Waals surface area contributed by atoms with Crippen molar-refractivity contribution in [2.24, 2.45) is 4.99 Å². The number of rotatable bonds is 4. The lowest BCUT2D eigenvalue weighted by Gasteiger charge is -2.05. The second-order valence-electron chi connectivity index (χ2n) is 6.44. The van der Waals surface area contributed by atoms with Gasteiger partial charge in [-0.2, -0.15) is 4.99 Å². The van der Waals surface area contributed by atoms with Crippen molar-refractivity contribution in [1.82, 2.24) is 4.57 Å². The standard InChI is InChI=1S/C21H20N2O5S/c1-12-5-6-14(9-13(12)2)19(25)22-21-23(11-18(24)27-3)16-8-7-15(20(26)28-4)10-17(16)29-21/h5-10H,11H2,1-4H3. The number of fused-ring (bicyclic) bond motifs is 1. The van der Waals surface area contributed by atoms with Gasteiger partial charge in [0.05, 0.1) is 30.0 Å². The van der Waals surface area contributed by atoms with E-state index in [4.69, 9.17) is 9.47 Å². The van der Waals surface area contributed by atoms with Crippen LogP contribution in [-0.4, -0.2) is 36.6 Å². The van der Waals surface area contributed by atoms with E-state index >= 15 is 0 Å². The Hall–Kier alpha value is -3.26. The van der Waals surface area contributed by atoms with Crippen LogP contribution in [0.4, 0.5) is 0 Å².